The van der Waals surface area contributed by atoms with Crippen molar-refractivity contribution in [2.75, 3.05) is 11.1 Å². The van der Waals surface area contributed by atoms with E-state index < -0.39 is 11.7 Å². The lowest BCUT2D eigenvalue weighted by molar-refractivity contribution is 0.102. The third kappa shape index (κ3) is 3.15. The molecule has 3 N–H and O–H groups in total. The first-order valence-electron chi connectivity index (χ1n) is 5.39. The Morgan fingerprint density at radius 3 is 2.25 bits per heavy atom. The van der Waals surface area contributed by atoms with Gasteiger partial charge in [-0.15, -0.1) is 0 Å². The molecular weight excluding hydrogens is 326 g/mol. The number of hydrogen-bond acceptors (Lipinski definition) is 2. The summed E-state index contributed by atoms with van der Waals surface area (Å²) >= 11 is 17.7. The molecule has 0 fully saturated rings. The third-order valence-electron chi connectivity index (χ3n) is 2.50. The highest BCUT2D eigenvalue weighted by atomic mass is 35.5. The van der Waals surface area contributed by atoms with Gasteiger partial charge in [-0.2, -0.15) is 0 Å². The van der Waals surface area contributed by atoms with Crippen LogP contribution < -0.4 is 11.1 Å². The number of rotatable bonds is 2. The van der Waals surface area contributed by atoms with Crippen LogP contribution in [0.4, 0.5) is 15.8 Å². The van der Waals surface area contributed by atoms with Crippen LogP contribution in [0, 0.1) is 5.82 Å². The lowest BCUT2D eigenvalue weighted by atomic mass is 10.1. The molecule has 2 aromatic carbocycles. The van der Waals surface area contributed by atoms with E-state index in [-0.39, 0.29) is 27.0 Å². The van der Waals surface area contributed by atoms with E-state index in [1.165, 1.54) is 18.2 Å². The Bertz CT molecular complexity index is 668. The predicted molar refractivity (Wildman–Crippen MR) is 80.2 cm³/mol. The number of carbonyl (C=O) groups excluding carboxylic acids is 1. The number of carbonyl (C=O) groups is 1. The minimum Gasteiger partial charge on any atom is -0.398 e. The molecule has 0 aliphatic rings. The molecule has 2 rings (SSSR count). The highest BCUT2D eigenvalue weighted by Gasteiger charge is 2.15. The molecule has 0 aliphatic carbocycles. The van der Waals surface area contributed by atoms with Crippen molar-refractivity contribution in [2.45, 2.75) is 0 Å². The average Bonchev–Trinajstić information content (AvgIpc) is 2.33. The van der Waals surface area contributed by atoms with Gasteiger partial charge >= 0.3 is 0 Å². The van der Waals surface area contributed by atoms with Gasteiger partial charge in [0.15, 0.2) is 0 Å². The monoisotopic (exact) mass is 332 g/mol. The molecular formula is C13H8Cl3FN2O. The fraction of sp³-hybridized carbons (Fsp3) is 0. The molecule has 2 aromatic rings. The standard InChI is InChI=1S/C13H8Cl3FN2O/c14-6-3-9(15)12(10(16)4-6)19-13(20)8-2-1-7(17)5-11(8)18/h1-5H,18H2,(H,19,20). The summed E-state index contributed by atoms with van der Waals surface area (Å²) < 4.78 is 12.9. The first kappa shape index (κ1) is 14.9. The highest BCUT2D eigenvalue weighted by Crippen LogP contribution is 2.34. The number of halogens is 4. The average molecular weight is 334 g/mol. The van der Waals surface area contributed by atoms with Crippen LogP contribution in [-0.2, 0) is 0 Å². The fourth-order valence-corrected chi connectivity index (χ4v) is 2.49. The zero-order valence-corrected chi connectivity index (χ0v) is 12.2. The molecule has 0 atom stereocenters. The quantitative estimate of drug-likeness (QED) is 0.788. The van der Waals surface area contributed by atoms with Crippen molar-refractivity contribution in [2.24, 2.45) is 0 Å². The first-order chi connectivity index (χ1) is 9.38. The van der Waals surface area contributed by atoms with Crippen LogP contribution in [0.3, 0.4) is 0 Å². The SMILES string of the molecule is Nc1cc(F)ccc1C(=O)Nc1c(Cl)cc(Cl)cc1Cl. The van der Waals surface area contributed by atoms with Crippen molar-refractivity contribution in [3.05, 3.63) is 56.8 Å². The maximum atomic E-state index is 12.9. The molecule has 0 spiro atoms. The van der Waals surface area contributed by atoms with Crippen LogP contribution >= 0.6 is 34.8 Å². The lowest BCUT2D eigenvalue weighted by Crippen LogP contribution is -2.14. The van der Waals surface area contributed by atoms with Gasteiger partial charge in [0, 0.05) is 10.7 Å². The van der Waals surface area contributed by atoms with E-state index in [2.05, 4.69) is 5.32 Å². The Kier molecular flexibility index (Phi) is 4.38. The van der Waals surface area contributed by atoms with Crippen molar-refractivity contribution in [1.29, 1.82) is 0 Å². The van der Waals surface area contributed by atoms with Crippen LogP contribution in [0.5, 0.6) is 0 Å². The van der Waals surface area contributed by atoms with Gasteiger partial charge in [0.2, 0.25) is 0 Å². The molecule has 3 nitrogen and oxygen atoms in total. The summed E-state index contributed by atoms with van der Waals surface area (Å²) in [6.45, 7) is 0. The molecule has 0 aromatic heterocycles. The van der Waals surface area contributed by atoms with Gasteiger partial charge in [-0.05, 0) is 30.3 Å². The van der Waals surface area contributed by atoms with Gasteiger partial charge < -0.3 is 11.1 Å². The first-order valence-corrected chi connectivity index (χ1v) is 6.53. The number of amides is 1. The van der Waals surface area contributed by atoms with Crippen LogP contribution in [0.2, 0.25) is 15.1 Å². The number of anilines is 2. The maximum Gasteiger partial charge on any atom is 0.257 e. The van der Waals surface area contributed by atoms with Crippen molar-refractivity contribution >= 4 is 52.1 Å². The number of benzene rings is 2. The van der Waals surface area contributed by atoms with Gasteiger partial charge in [0.05, 0.1) is 21.3 Å². The summed E-state index contributed by atoms with van der Waals surface area (Å²) in [4.78, 5) is 12.1. The van der Waals surface area contributed by atoms with Crippen LogP contribution in [0.15, 0.2) is 30.3 Å². The highest BCUT2D eigenvalue weighted by molar-refractivity contribution is 6.42. The smallest absolute Gasteiger partial charge is 0.257 e. The molecule has 0 unspecified atom stereocenters. The van der Waals surface area contributed by atoms with E-state index in [4.69, 9.17) is 40.5 Å². The van der Waals surface area contributed by atoms with Gasteiger partial charge in [-0.25, -0.2) is 4.39 Å². The van der Waals surface area contributed by atoms with Gasteiger partial charge in [0.25, 0.3) is 5.91 Å². The maximum absolute atomic E-state index is 12.9. The van der Waals surface area contributed by atoms with E-state index in [1.54, 1.807) is 0 Å². The molecule has 0 aliphatic heterocycles. The normalized spacial score (nSPS) is 10.4. The largest absolute Gasteiger partial charge is 0.398 e. The minimum atomic E-state index is -0.548. The zero-order chi connectivity index (χ0) is 14.9. The van der Waals surface area contributed by atoms with Gasteiger partial charge in [-0.3, -0.25) is 4.79 Å². The summed E-state index contributed by atoms with van der Waals surface area (Å²) in [6.07, 6.45) is 0. The molecule has 0 heterocycles. The summed E-state index contributed by atoms with van der Waals surface area (Å²) in [7, 11) is 0. The Balaban J connectivity index is 2.33. The summed E-state index contributed by atoms with van der Waals surface area (Å²) in [5.74, 6) is -1.07. The summed E-state index contributed by atoms with van der Waals surface area (Å²) in [5.41, 5.74) is 5.94. The Morgan fingerprint density at radius 1 is 1.10 bits per heavy atom. The number of nitrogen functional groups attached to an aromatic ring is 1. The molecule has 7 heteroatoms. The number of nitrogens with one attached hydrogen (secondary N) is 1. The summed E-state index contributed by atoms with van der Waals surface area (Å²) in [6, 6.07) is 6.35. The van der Waals surface area contributed by atoms with E-state index >= 15 is 0 Å². The van der Waals surface area contributed by atoms with Crippen molar-refractivity contribution in [3.63, 3.8) is 0 Å². The predicted octanol–water partition coefficient (Wildman–Crippen LogP) is 4.62. The van der Waals surface area contributed by atoms with Gasteiger partial charge in [-0.1, -0.05) is 34.8 Å². The summed E-state index contributed by atoms with van der Waals surface area (Å²) in [5, 5.41) is 3.25. The second kappa shape index (κ2) is 5.87. The molecule has 0 radical (unpaired) electrons. The van der Waals surface area contributed by atoms with Crippen LogP contribution in [0.1, 0.15) is 10.4 Å². The Labute approximate surface area is 129 Å². The van der Waals surface area contributed by atoms with Gasteiger partial charge in [0.1, 0.15) is 5.82 Å². The minimum absolute atomic E-state index is 0.0173. The molecule has 1 amide bonds. The fourth-order valence-electron chi connectivity index (χ4n) is 1.58. The van der Waals surface area contributed by atoms with Crippen molar-refractivity contribution in [1.82, 2.24) is 0 Å². The number of nitrogens with two attached hydrogens (primary N) is 1. The second-order valence-corrected chi connectivity index (χ2v) is 5.18. The Morgan fingerprint density at radius 2 is 1.70 bits per heavy atom. The van der Waals surface area contributed by atoms with Crippen LogP contribution in [0.25, 0.3) is 0 Å². The third-order valence-corrected chi connectivity index (χ3v) is 3.32. The zero-order valence-electron chi connectivity index (χ0n) is 9.88. The molecule has 20 heavy (non-hydrogen) atoms. The topological polar surface area (TPSA) is 55.1 Å². The molecule has 0 saturated heterocycles. The molecule has 0 bridgehead atoms. The van der Waals surface area contributed by atoms with Crippen molar-refractivity contribution < 1.29 is 9.18 Å². The van der Waals surface area contributed by atoms with Crippen LogP contribution in [-0.4, -0.2) is 5.91 Å². The Hall–Kier alpha value is -1.49. The van der Waals surface area contributed by atoms with E-state index in [0.717, 1.165) is 12.1 Å². The van der Waals surface area contributed by atoms with Crippen molar-refractivity contribution in [3.8, 4) is 0 Å². The molecule has 0 saturated carbocycles. The van der Waals surface area contributed by atoms with E-state index in [1.807, 2.05) is 0 Å². The second-order valence-electron chi connectivity index (χ2n) is 3.93. The molecule has 104 valence electrons. The number of hydrogen-bond donors (Lipinski definition) is 2. The van der Waals surface area contributed by atoms with E-state index in [0.29, 0.717) is 5.02 Å². The van der Waals surface area contributed by atoms with E-state index in [9.17, 15) is 9.18 Å². The lowest BCUT2D eigenvalue weighted by Gasteiger charge is -2.11.